The first-order valence-electron chi connectivity index (χ1n) is 8.08. The molecule has 25 heavy (non-hydrogen) atoms. The quantitative estimate of drug-likeness (QED) is 0.551. The summed E-state index contributed by atoms with van der Waals surface area (Å²) in [5.74, 6) is 0. The molecule has 132 valence electrons. The van der Waals surface area contributed by atoms with Crippen molar-refractivity contribution in [1.29, 1.82) is 0 Å². The van der Waals surface area contributed by atoms with E-state index in [2.05, 4.69) is 4.98 Å². The molecule has 6 heteroatoms. The Morgan fingerprint density at radius 2 is 1.72 bits per heavy atom. The summed E-state index contributed by atoms with van der Waals surface area (Å²) in [7, 11) is 0. The summed E-state index contributed by atoms with van der Waals surface area (Å²) in [5, 5.41) is 1.63. The Morgan fingerprint density at radius 1 is 1.00 bits per heavy atom. The first-order valence-corrected chi connectivity index (χ1v) is 8.46. The number of hydrogen-bond donors (Lipinski definition) is 2. The van der Waals surface area contributed by atoms with Gasteiger partial charge in [0.05, 0.1) is 5.56 Å². The molecule has 0 atom stereocenters. The molecule has 0 saturated carbocycles. The van der Waals surface area contributed by atoms with E-state index < -0.39 is 11.7 Å². The average Bonchev–Trinajstić information content (AvgIpc) is 2.92. The third-order valence-corrected chi connectivity index (χ3v) is 4.49. The summed E-state index contributed by atoms with van der Waals surface area (Å²) in [6.07, 6.45) is -1.76. The van der Waals surface area contributed by atoms with Crippen molar-refractivity contribution in [3.05, 3.63) is 58.6 Å². The third-order valence-electron chi connectivity index (χ3n) is 4.25. The van der Waals surface area contributed by atoms with Crippen LogP contribution >= 0.6 is 11.6 Å². The zero-order valence-corrected chi connectivity index (χ0v) is 14.2. The largest absolute Gasteiger partial charge is 0.416 e. The number of fused-ring (bicyclic) bond motifs is 1. The summed E-state index contributed by atoms with van der Waals surface area (Å²) in [4.78, 5) is 3.32. The molecule has 0 amide bonds. The minimum absolute atomic E-state index is 0.610. The van der Waals surface area contributed by atoms with Crippen LogP contribution in [0.25, 0.3) is 22.2 Å². The van der Waals surface area contributed by atoms with Crippen LogP contribution in [0.15, 0.2) is 42.5 Å². The monoisotopic (exact) mass is 366 g/mol. The lowest BCUT2D eigenvalue weighted by atomic mass is 9.99. The van der Waals surface area contributed by atoms with Gasteiger partial charge in [0.2, 0.25) is 0 Å². The summed E-state index contributed by atoms with van der Waals surface area (Å²) in [5.41, 5.74) is 8.46. The Bertz CT molecular complexity index is 867. The molecule has 0 radical (unpaired) electrons. The molecule has 0 aliphatic rings. The Morgan fingerprint density at radius 3 is 2.36 bits per heavy atom. The van der Waals surface area contributed by atoms with Crippen molar-refractivity contribution < 1.29 is 13.2 Å². The van der Waals surface area contributed by atoms with E-state index >= 15 is 0 Å². The van der Waals surface area contributed by atoms with E-state index in [-0.39, 0.29) is 0 Å². The van der Waals surface area contributed by atoms with Gasteiger partial charge in [0.15, 0.2) is 0 Å². The van der Waals surface area contributed by atoms with Crippen LogP contribution in [0.2, 0.25) is 5.02 Å². The molecule has 0 aliphatic heterocycles. The van der Waals surface area contributed by atoms with Gasteiger partial charge in [-0.25, -0.2) is 0 Å². The van der Waals surface area contributed by atoms with E-state index in [1.807, 2.05) is 12.1 Å². The highest BCUT2D eigenvalue weighted by Gasteiger charge is 2.30. The highest BCUT2D eigenvalue weighted by Crippen LogP contribution is 2.35. The van der Waals surface area contributed by atoms with Crippen LogP contribution in [0.1, 0.15) is 24.0 Å². The predicted molar refractivity (Wildman–Crippen MR) is 95.7 cm³/mol. The van der Waals surface area contributed by atoms with Crippen LogP contribution < -0.4 is 5.73 Å². The van der Waals surface area contributed by atoms with Gasteiger partial charge in [0, 0.05) is 21.6 Å². The van der Waals surface area contributed by atoms with Gasteiger partial charge in [-0.2, -0.15) is 13.2 Å². The first-order chi connectivity index (χ1) is 11.9. The summed E-state index contributed by atoms with van der Waals surface area (Å²) in [6.45, 7) is 0.610. The maximum Gasteiger partial charge on any atom is 0.416 e. The van der Waals surface area contributed by atoms with Crippen molar-refractivity contribution >= 4 is 22.5 Å². The second kappa shape index (κ2) is 7.10. The number of aromatic amines is 1. The number of unbranched alkanes of at least 4 members (excludes halogenated alkanes) is 1. The van der Waals surface area contributed by atoms with Gasteiger partial charge >= 0.3 is 6.18 Å². The van der Waals surface area contributed by atoms with Gasteiger partial charge in [-0.05, 0) is 67.3 Å². The minimum Gasteiger partial charge on any atom is -0.354 e. The number of aromatic nitrogens is 1. The number of nitrogens with two attached hydrogens (primary N) is 1. The molecule has 2 nitrogen and oxygen atoms in total. The minimum atomic E-state index is -4.34. The number of aryl methyl sites for hydroxylation is 1. The Labute approximate surface area is 148 Å². The molecule has 3 rings (SSSR count). The van der Waals surface area contributed by atoms with E-state index in [1.54, 1.807) is 6.07 Å². The van der Waals surface area contributed by atoms with Crippen LogP contribution in [0.4, 0.5) is 13.2 Å². The zero-order valence-electron chi connectivity index (χ0n) is 13.5. The SMILES string of the molecule is NCCCCc1c(-c2ccc(C(F)(F)F)cc2)[nH]c2ccc(Cl)cc12. The number of halogens is 4. The topological polar surface area (TPSA) is 41.8 Å². The lowest BCUT2D eigenvalue weighted by molar-refractivity contribution is -0.137. The second-order valence-electron chi connectivity index (χ2n) is 5.99. The summed E-state index contributed by atoms with van der Waals surface area (Å²) in [6, 6.07) is 10.8. The molecule has 0 aliphatic carbocycles. The van der Waals surface area contributed by atoms with Gasteiger partial charge in [-0.15, -0.1) is 0 Å². The first kappa shape index (κ1) is 17.8. The zero-order chi connectivity index (χ0) is 18.0. The van der Waals surface area contributed by atoms with Crippen molar-refractivity contribution in [2.75, 3.05) is 6.54 Å². The molecular formula is C19H18ClF3N2. The lowest BCUT2D eigenvalue weighted by Crippen LogP contribution is -2.04. The van der Waals surface area contributed by atoms with Crippen molar-refractivity contribution in [3.63, 3.8) is 0 Å². The van der Waals surface area contributed by atoms with Crippen molar-refractivity contribution in [2.24, 2.45) is 5.73 Å². The van der Waals surface area contributed by atoms with Crippen LogP contribution in [0.5, 0.6) is 0 Å². The fraction of sp³-hybridized carbons (Fsp3) is 0.263. The molecule has 0 bridgehead atoms. The van der Waals surface area contributed by atoms with Crippen molar-refractivity contribution in [3.8, 4) is 11.3 Å². The smallest absolute Gasteiger partial charge is 0.354 e. The van der Waals surface area contributed by atoms with Crippen LogP contribution in [0.3, 0.4) is 0 Å². The summed E-state index contributed by atoms with van der Waals surface area (Å²) < 4.78 is 38.4. The fourth-order valence-electron chi connectivity index (χ4n) is 3.00. The molecule has 1 aromatic heterocycles. The van der Waals surface area contributed by atoms with Gasteiger partial charge in [0.1, 0.15) is 0 Å². The number of H-pyrrole nitrogens is 1. The van der Waals surface area contributed by atoms with E-state index in [1.165, 1.54) is 12.1 Å². The molecule has 0 fully saturated rings. The van der Waals surface area contributed by atoms with Gasteiger partial charge in [0.25, 0.3) is 0 Å². The Hall–Kier alpha value is -1.98. The number of benzene rings is 2. The van der Waals surface area contributed by atoms with Crippen LogP contribution in [-0.4, -0.2) is 11.5 Å². The molecular weight excluding hydrogens is 349 g/mol. The summed E-state index contributed by atoms with van der Waals surface area (Å²) >= 11 is 6.12. The highest BCUT2D eigenvalue weighted by molar-refractivity contribution is 6.31. The van der Waals surface area contributed by atoms with E-state index in [4.69, 9.17) is 17.3 Å². The lowest BCUT2D eigenvalue weighted by Gasteiger charge is -2.09. The second-order valence-corrected chi connectivity index (χ2v) is 6.43. The van der Waals surface area contributed by atoms with Gasteiger partial charge in [-0.3, -0.25) is 0 Å². The standard InChI is InChI=1S/C19H18ClF3N2/c20-14-8-9-17-16(11-14)15(3-1-2-10-24)18(25-17)12-4-6-13(7-5-12)19(21,22)23/h4-9,11,25H,1-3,10,24H2. The molecule has 0 saturated heterocycles. The number of rotatable bonds is 5. The van der Waals surface area contributed by atoms with Gasteiger partial charge < -0.3 is 10.7 Å². The van der Waals surface area contributed by atoms with E-state index in [0.29, 0.717) is 11.6 Å². The molecule has 0 spiro atoms. The molecule has 2 aromatic carbocycles. The van der Waals surface area contributed by atoms with E-state index in [9.17, 15) is 13.2 Å². The molecule has 3 N–H and O–H groups in total. The predicted octanol–water partition coefficient (Wildman–Crippen LogP) is 5.79. The normalized spacial score (nSPS) is 12.0. The van der Waals surface area contributed by atoms with Gasteiger partial charge in [-0.1, -0.05) is 23.7 Å². The van der Waals surface area contributed by atoms with Crippen molar-refractivity contribution in [1.82, 2.24) is 4.98 Å². The number of alkyl halides is 3. The average molecular weight is 367 g/mol. The van der Waals surface area contributed by atoms with Crippen LogP contribution in [0, 0.1) is 0 Å². The Balaban J connectivity index is 2.06. The number of nitrogens with one attached hydrogen (secondary N) is 1. The molecule has 0 unspecified atom stereocenters. The van der Waals surface area contributed by atoms with Crippen molar-refractivity contribution in [2.45, 2.75) is 25.4 Å². The third kappa shape index (κ3) is 3.83. The van der Waals surface area contributed by atoms with E-state index in [0.717, 1.165) is 59.1 Å². The molecule has 1 heterocycles. The Kier molecular flexibility index (Phi) is 5.06. The maximum absolute atomic E-state index is 12.8. The highest BCUT2D eigenvalue weighted by atomic mass is 35.5. The number of hydrogen-bond acceptors (Lipinski definition) is 1. The molecule has 3 aromatic rings. The maximum atomic E-state index is 12.8. The van der Waals surface area contributed by atoms with Crippen LogP contribution in [-0.2, 0) is 12.6 Å². The fourth-order valence-corrected chi connectivity index (χ4v) is 3.17.